The van der Waals surface area contributed by atoms with Crippen LogP contribution >= 0.6 is 0 Å². The number of fused-ring (bicyclic) bond motifs is 2. The number of carbonyl (C=O) groups is 1. The summed E-state index contributed by atoms with van der Waals surface area (Å²) in [5.41, 5.74) is 3.85. The lowest BCUT2D eigenvalue weighted by Crippen LogP contribution is -2.69. The van der Waals surface area contributed by atoms with Crippen molar-refractivity contribution in [2.75, 3.05) is 38.8 Å². The molecule has 2 N–H and O–H groups in total. The maximum absolute atomic E-state index is 13.5. The average Bonchev–Trinajstić information content (AvgIpc) is 3.20. The first-order valence-electron chi connectivity index (χ1n) is 10.8. The number of anilines is 1. The minimum Gasteiger partial charge on any atom is -0.493 e. The van der Waals surface area contributed by atoms with Gasteiger partial charge in [-0.15, -0.1) is 0 Å². The van der Waals surface area contributed by atoms with Crippen LogP contribution in [0.25, 0.3) is 0 Å². The molecule has 1 amide bonds. The molecule has 3 saturated heterocycles. The number of hydrogen-bond acceptors (Lipinski definition) is 5. The van der Waals surface area contributed by atoms with Gasteiger partial charge in [-0.2, -0.15) is 0 Å². The van der Waals surface area contributed by atoms with Gasteiger partial charge in [0, 0.05) is 30.0 Å². The minimum atomic E-state index is -0.0242. The molecule has 5 heterocycles. The van der Waals surface area contributed by atoms with E-state index in [1.165, 1.54) is 12.0 Å². The van der Waals surface area contributed by atoms with Crippen molar-refractivity contribution in [3.05, 3.63) is 29.3 Å². The predicted octanol–water partition coefficient (Wildman–Crippen LogP) is 1.28. The normalized spacial score (nSPS) is 39.7. The zero-order valence-electron chi connectivity index (χ0n) is 17.4. The summed E-state index contributed by atoms with van der Waals surface area (Å²) in [4.78, 5) is 18.3. The van der Waals surface area contributed by atoms with Gasteiger partial charge in [0.05, 0.1) is 45.1 Å². The van der Waals surface area contributed by atoms with Crippen LogP contribution in [0.3, 0.4) is 0 Å². The van der Waals surface area contributed by atoms with E-state index >= 15 is 0 Å². The molecule has 5 aliphatic heterocycles. The van der Waals surface area contributed by atoms with Crippen LogP contribution in [0.2, 0.25) is 0 Å². The van der Waals surface area contributed by atoms with Crippen LogP contribution in [-0.2, 0) is 14.9 Å². The van der Waals surface area contributed by atoms with Crippen molar-refractivity contribution in [1.29, 1.82) is 0 Å². The zero-order valence-corrected chi connectivity index (χ0v) is 17.4. The van der Waals surface area contributed by atoms with E-state index in [1.807, 2.05) is 6.07 Å². The Balaban J connectivity index is 0.00000175. The highest BCUT2D eigenvalue weighted by molar-refractivity contribution is 5.99. The Morgan fingerprint density at radius 3 is 2.80 bits per heavy atom. The van der Waals surface area contributed by atoms with E-state index < -0.39 is 0 Å². The lowest BCUT2D eigenvalue weighted by Gasteiger charge is -2.58. The molecule has 1 aromatic rings. The highest BCUT2D eigenvalue weighted by Gasteiger charge is 2.71. The molecular formula is C23H28N2O5. The molecule has 6 atom stereocenters. The number of hydrogen-bond donors (Lipinski definition) is 0. The molecule has 0 radical (unpaired) electrons. The lowest BCUT2D eigenvalue weighted by atomic mass is 9.53. The topological polar surface area (TPSA) is 82.7 Å². The first-order chi connectivity index (χ1) is 14.2. The number of benzene rings is 1. The second kappa shape index (κ2) is 5.99. The summed E-state index contributed by atoms with van der Waals surface area (Å²) in [7, 11) is 3.36. The van der Waals surface area contributed by atoms with Gasteiger partial charge in [0.2, 0.25) is 5.91 Å². The molecule has 160 valence electrons. The van der Waals surface area contributed by atoms with Crippen molar-refractivity contribution in [3.8, 4) is 11.5 Å². The van der Waals surface area contributed by atoms with Gasteiger partial charge >= 0.3 is 0 Å². The number of nitrogens with zero attached hydrogens (tertiary/aromatic N) is 2. The van der Waals surface area contributed by atoms with Gasteiger partial charge in [-0.05, 0) is 36.9 Å². The first-order valence-corrected chi connectivity index (χ1v) is 10.8. The van der Waals surface area contributed by atoms with Gasteiger partial charge in [0.25, 0.3) is 0 Å². The van der Waals surface area contributed by atoms with Crippen molar-refractivity contribution in [2.24, 2.45) is 11.8 Å². The van der Waals surface area contributed by atoms with Crippen LogP contribution < -0.4 is 14.4 Å². The molecule has 7 heteroatoms. The van der Waals surface area contributed by atoms with Crippen molar-refractivity contribution in [3.63, 3.8) is 0 Å². The van der Waals surface area contributed by atoms with Crippen LogP contribution in [0.4, 0.5) is 5.69 Å². The molecule has 30 heavy (non-hydrogen) atoms. The van der Waals surface area contributed by atoms with Crippen LogP contribution in [0.5, 0.6) is 11.5 Å². The third-order valence-electron chi connectivity index (χ3n) is 8.81. The standard InChI is InChI=1S/C23H26N2O4.H2O/c1-27-16-8-14-15(9-17(16)28-2)25-20(26)10-18-21-13-7-19-23(14,22(21)25)4-5-24(19)11-12(13)3-6-29-18;/h3,8-9,13,18-19,21-22H,4-7,10-11H2,1-2H3;1H2/t13-,18-,19-,21?,22-,23+;/m0./s1. The molecule has 7 nitrogen and oxygen atoms in total. The fourth-order valence-corrected chi connectivity index (χ4v) is 7.87. The monoisotopic (exact) mass is 412 g/mol. The summed E-state index contributed by atoms with van der Waals surface area (Å²) in [6.45, 7) is 2.80. The summed E-state index contributed by atoms with van der Waals surface area (Å²) in [6, 6.07) is 4.87. The van der Waals surface area contributed by atoms with E-state index in [1.54, 1.807) is 19.8 Å². The molecule has 1 spiro atoms. The molecule has 1 unspecified atom stereocenters. The fraction of sp³-hybridized carbons (Fsp3) is 0.609. The van der Waals surface area contributed by atoms with Crippen molar-refractivity contribution in [1.82, 2.24) is 4.90 Å². The van der Waals surface area contributed by atoms with E-state index in [4.69, 9.17) is 14.2 Å². The average molecular weight is 412 g/mol. The van der Waals surface area contributed by atoms with Gasteiger partial charge in [0.15, 0.2) is 11.5 Å². The third-order valence-corrected chi connectivity index (χ3v) is 8.81. The van der Waals surface area contributed by atoms with Crippen LogP contribution in [0, 0.1) is 11.8 Å². The number of rotatable bonds is 2. The third kappa shape index (κ3) is 1.90. The molecule has 1 saturated carbocycles. The number of carbonyl (C=O) groups excluding carboxylic acids is 1. The number of ether oxygens (including phenoxy) is 3. The summed E-state index contributed by atoms with van der Waals surface area (Å²) < 4.78 is 17.6. The first kappa shape index (κ1) is 18.7. The quantitative estimate of drug-likeness (QED) is 0.684. The number of piperidine rings is 2. The van der Waals surface area contributed by atoms with E-state index in [2.05, 4.69) is 21.9 Å². The SMILES string of the molecule is COc1cc2c(cc1OC)[C@@]13CCN4CC5=CCO[C@H]6CC(=O)N2[C@H]1C6[C@H]5C[C@H]43.O. The van der Waals surface area contributed by atoms with E-state index in [-0.39, 0.29) is 28.9 Å². The molecular weight excluding hydrogens is 384 g/mol. The van der Waals surface area contributed by atoms with Gasteiger partial charge in [-0.25, -0.2) is 0 Å². The van der Waals surface area contributed by atoms with Gasteiger partial charge in [0.1, 0.15) is 0 Å². The van der Waals surface area contributed by atoms with Crippen molar-refractivity contribution >= 4 is 11.6 Å². The highest BCUT2D eigenvalue weighted by atomic mass is 16.5. The van der Waals surface area contributed by atoms with Crippen LogP contribution in [-0.4, -0.2) is 68.4 Å². The molecule has 0 aromatic heterocycles. The number of amides is 1. The molecule has 1 aromatic carbocycles. The molecule has 4 fully saturated rings. The van der Waals surface area contributed by atoms with Crippen LogP contribution in [0.15, 0.2) is 23.8 Å². The second-order valence-electron chi connectivity index (χ2n) is 9.48. The van der Waals surface area contributed by atoms with Gasteiger partial charge in [-0.3, -0.25) is 9.69 Å². The van der Waals surface area contributed by atoms with E-state index in [0.29, 0.717) is 36.7 Å². The summed E-state index contributed by atoms with van der Waals surface area (Å²) >= 11 is 0. The van der Waals surface area contributed by atoms with E-state index in [9.17, 15) is 4.79 Å². The maximum atomic E-state index is 13.5. The second-order valence-corrected chi connectivity index (χ2v) is 9.48. The van der Waals surface area contributed by atoms with E-state index in [0.717, 1.165) is 30.9 Å². The largest absolute Gasteiger partial charge is 0.493 e. The Kier molecular flexibility index (Phi) is 3.73. The molecule has 6 aliphatic rings. The van der Waals surface area contributed by atoms with Gasteiger partial charge < -0.3 is 24.6 Å². The Morgan fingerprint density at radius 1 is 1.20 bits per heavy atom. The maximum Gasteiger partial charge on any atom is 0.229 e. The Labute approximate surface area is 175 Å². The Morgan fingerprint density at radius 2 is 2.00 bits per heavy atom. The smallest absolute Gasteiger partial charge is 0.229 e. The molecule has 1 aliphatic carbocycles. The minimum absolute atomic E-state index is 0. The summed E-state index contributed by atoms with van der Waals surface area (Å²) in [5.74, 6) is 2.57. The zero-order chi connectivity index (χ0) is 19.5. The lowest BCUT2D eigenvalue weighted by molar-refractivity contribution is -0.132. The molecule has 7 rings (SSSR count). The van der Waals surface area contributed by atoms with Crippen molar-refractivity contribution in [2.45, 2.75) is 42.9 Å². The van der Waals surface area contributed by atoms with Crippen LogP contribution in [0.1, 0.15) is 24.8 Å². The molecule has 2 bridgehead atoms. The van der Waals surface area contributed by atoms with Gasteiger partial charge in [-0.1, -0.05) is 11.6 Å². The fourth-order valence-electron chi connectivity index (χ4n) is 7.87. The Bertz CT molecular complexity index is 977. The summed E-state index contributed by atoms with van der Waals surface area (Å²) in [5, 5.41) is 0. The summed E-state index contributed by atoms with van der Waals surface area (Å²) in [6.07, 6.45) is 5.11. The predicted molar refractivity (Wildman–Crippen MR) is 110 cm³/mol. The Hall–Kier alpha value is -2.09. The number of methoxy groups -OCH3 is 2. The van der Waals surface area contributed by atoms with Crippen molar-refractivity contribution < 1.29 is 24.5 Å². The highest BCUT2D eigenvalue weighted by Crippen LogP contribution is 2.66.